The molecule has 11 heteroatoms. The lowest BCUT2D eigenvalue weighted by Crippen LogP contribution is -2.36. The molecule has 1 aliphatic rings. The molecule has 0 saturated carbocycles. The van der Waals surface area contributed by atoms with E-state index >= 15 is 0 Å². The predicted octanol–water partition coefficient (Wildman–Crippen LogP) is 3.54. The van der Waals surface area contributed by atoms with Gasteiger partial charge in [-0.25, -0.2) is 9.78 Å². The van der Waals surface area contributed by atoms with E-state index in [-0.39, 0.29) is 24.0 Å². The molecule has 1 fully saturated rings. The maximum absolute atomic E-state index is 12.7. The van der Waals surface area contributed by atoms with E-state index in [4.69, 9.17) is 11.6 Å². The normalized spacial score (nSPS) is 16.9. The molecule has 4 rings (SSSR count). The van der Waals surface area contributed by atoms with Gasteiger partial charge < -0.3 is 10.2 Å². The Hall–Kier alpha value is -3.53. The summed E-state index contributed by atoms with van der Waals surface area (Å²) in [7, 11) is 1.77. The fourth-order valence-corrected chi connectivity index (χ4v) is 3.82. The lowest BCUT2D eigenvalue weighted by Gasteiger charge is -2.21. The largest absolute Gasteiger partial charge is 0.346 e. The number of anilines is 2. The van der Waals surface area contributed by atoms with Crippen LogP contribution in [0.1, 0.15) is 48.2 Å². The third-order valence-electron chi connectivity index (χ3n) is 5.52. The third kappa shape index (κ3) is 4.65. The van der Waals surface area contributed by atoms with Crippen molar-refractivity contribution in [1.82, 2.24) is 29.4 Å². The van der Waals surface area contributed by atoms with Gasteiger partial charge >= 0.3 is 6.03 Å². The highest BCUT2D eigenvalue weighted by atomic mass is 35.5. The van der Waals surface area contributed by atoms with Gasteiger partial charge in [-0.15, -0.1) is 0 Å². The lowest BCUT2D eigenvalue weighted by atomic mass is 10.2. The second-order valence-electron chi connectivity index (χ2n) is 7.99. The summed E-state index contributed by atoms with van der Waals surface area (Å²) in [6, 6.07) is 6.25. The van der Waals surface area contributed by atoms with Crippen LogP contribution in [0.4, 0.5) is 16.7 Å². The quantitative estimate of drug-likeness (QED) is 0.589. The van der Waals surface area contributed by atoms with Crippen molar-refractivity contribution < 1.29 is 9.59 Å². The second-order valence-corrected chi connectivity index (χ2v) is 8.42. The molecule has 10 nitrogen and oxygen atoms in total. The van der Waals surface area contributed by atoms with E-state index in [0.29, 0.717) is 40.5 Å². The first-order valence-corrected chi connectivity index (χ1v) is 11.0. The summed E-state index contributed by atoms with van der Waals surface area (Å²) in [6.07, 6.45) is 3.92. The Morgan fingerprint density at radius 1 is 1.24 bits per heavy atom. The first-order valence-electron chi connectivity index (χ1n) is 10.6. The number of nitrogens with zero attached hydrogens (tertiary/aromatic N) is 7. The number of carbonyl (C=O) groups is 2. The van der Waals surface area contributed by atoms with Crippen LogP contribution in [0.25, 0.3) is 0 Å². The van der Waals surface area contributed by atoms with E-state index in [2.05, 4.69) is 25.3 Å². The summed E-state index contributed by atoms with van der Waals surface area (Å²) in [4.78, 5) is 46.2. The lowest BCUT2D eigenvalue weighted by molar-refractivity contribution is 0.0959. The fraction of sp³-hybridized carbons (Fsp3) is 0.364. The van der Waals surface area contributed by atoms with Crippen LogP contribution in [0.2, 0.25) is 5.02 Å². The first-order chi connectivity index (χ1) is 15.8. The van der Waals surface area contributed by atoms with Crippen molar-refractivity contribution >= 4 is 35.4 Å². The van der Waals surface area contributed by atoms with Crippen LogP contribution in [0, 0.1) is 6.92 Å². The molecule has 0 spiro atoms. The number of imidazole rings is 1. The molecular weight excluding hydrogens is 444 g/mol. The Balaban J connectivity index is 1.52. The van der Waals surface area contributed by atoms with Gasteiger partial charge in [-0.05, 0) is 44.5 Å². The van der Waals surface area contributed by atoms with Crippen molar-refractivity contribution in [3.8, 4) is 0 Å². The second kappa shape index (κ2) is 9.14. The van der Waals surface area contributed by atoms with Crippen molar-refractivity contribution in [2.75, 3.05) is 23.8 Å². The number of urea groups is 1. The Kier molecular flexibility index (Phi) is 6.28. The molecule has 2 atom stereocenters. The zero-order valence-electron chi connectivity index (χ0n) is 18.9. The maximum atomic E-state index is 12.7. The van der Waals surface area contributed by atoms with Gasteiger partial charge in [-0.3, -0.25) is 14.3 Å². The smallest absolute Gasteiger partial charge is 0.327 e. The van der Waals surface area contributed by atoms with E-state index < -0.39 is 0 Å². The van der Waals surface area contributed by atoms with Gasteiger partial charge in [-0.1, -0.05) is 18.5 Å². The number of nitrogens with one attached hydrogen (secondary N) is 1. The van der Waals surface area contributed by atoms with Crippen LogP contribution < -0.4 is 10.2 Å². The number of amides is 2. The molecule has 1 aromatic carbocycles. The van der Waals surface area contributed by atoms with Gasteiger partial charge in [0.05, 0.1) is 17.8 Å². The van der Waals surface area contributed by atoms with Crippen LogP contribution in [-0.4, -0.2) is 61.0 Å². The standard InChI is InChI=1S/C22H25ClN8O2/c1-5-17-10-29(4)22(33)31(17)21-27-14(3)26-20(28-21)25-13(2)18-11-30(12-24-18)19(32)15-6-8-16(23)9-7-15/h6-9,11-13,17H,5,10H2,1-4H3,(H,25,26,27,28)/t13-,17-/m0/s1. The summed E-state index contributed by atoms with van der Waals surface area (Å²) >= 11 is 5.90. The number of aromatic nitrogens is 5. The van der Waals surface area contributed by atoms with E-state index in [1.54, 1.807) is 54.2 Å². The third-order valence-corrected chi connectivity index (χ3v) is 5.77. The molecule has 0 aliphatic carbocycles. The average molecular weight is 469 g/mol. The van der Waals surface area contributed by atoms with Crippen molar-refractivity contribution in [2.45, 2.75) is 39.3 Å². The highest BCUT2D eigenvalue weighted by molar-refractivity contribution is 6.30. The number of hydrogen-bond acceptors (Lipinski definition) is 7. The molecule has 3 aromatic rings. The average Bonchev–Trinajstić information content (AvgIpc) is 3.38. The number of benzene rings is 1. The SMILES string of the molecule is CC[C@H]1CN(C)C(=O)N1c1nc(C)nc(N[C@@H](C)c2cn(C(=O)c3ccc(Cl)cc3)cn2)n1. The van der Waals surface area contributed by atoms with Crippen LogP contribution in [0.3, 0.4) is 0 Å². The summed E-state index contributed by atoms with van der Waals surface area (Å²) in [5, 5.41) is 3.77. The summed E-state index contributed by atoms with van der Waals surface area (Å²) in [5.41, 5.74) is 1.15. The zero-order chi connectivity index (χ0) is 23.7. The minimum absolute atomic E-state index is 0.00384. The predicted molar refractivity (Wildman–Crippen MR) is 125 cm³/mol. The van der Waals surface area contributed by atoms with Crippen molar-refractivity contribution in [3.63, 3.8) is 0 Å². The van der Waals surface area contributed by atoms with Crippen LogP contribution in [-0.2, 0) is 0 Å². The molecule has 2 aromatic heterocycles. The van der Waals surface area contributed by atoms with E-state index in [1.807, 2.05) is 13.8 Å². The van der Waals surface area contributed by atoms with E-state index in [0.717, 1.165) is 6.42 Å². The van der Waals surface area contributed by atoms with Crippen LogP contribution in [0.15, 0.2) is 36.8 Å². The molecule has 3 heterocycles. The molecule has 1 aliphatic heterocycles. The summed E-state index contributed by atoms with van der Waals surface area (Å²) in [6.45, 7) is 6.30. The summed E-state index contributed by atoms with van der Waals surface area (Å²) in [5.74, 6) is 0.941. The number of likely N-dealkylation sites (N-methyl/N-ethyl adjacent to an activating group) is 1. The molecule has 0 unspecified atom stereocenters. The fourth-order valence-electron chi connectivity index (χ4n) is 3.70. The minimum atomic E-state index is -0.294. The molecule has 0 bridgehead atoms. The van der Waals surface area contributed by atoms with Crippen LogP contribution >= 0.6 is 11.6 Å². The molecule has 172 valence electrons. The van der Waals surface area contributed by atoms with Crippen molar-refractivity contribution in [3.05, 3.63) is 58.9 Å². The molecule has 1 saturated heterocycles. The molecule has 33 heavy (non-hydrogen) atoms. The molecule has 2 amide bonds. The number of halogens is 1. The highest BCUT2D eigenvalue weighted by Crippen LogP contribution is 2.24. The van der Waals surface area contributed by atoms with E-state index in [9.17, 15) is 9.59 Å². The van der Waals surface area contributed by atoms with Gasteiger partial charge in [0.2, 0.25) is 11.9 Å². The molecular formula is C22H25ClN8O2. The summed E-state index contributed by atoms with van der Waals surface area (Å²) < 4.78 is 1.42. The Labute approximate surface area is 196 Å². The van der Waals surface area contributed by atoms with Gasteiger partial charge in [0.15, 0.2) is 0 Å². The van der Waals surface area contributed by atoms with E-state index in [1.165, 1.54) is 10.9 Å². The molecule has 0 radical (unpaired) electrons. The Morgan fingerprint density at radius 3 is 2.67 bits per heavy atom. The topological polar surface area (TPSA) is 109 Å². The molecule has 1 N–H and O–H groups in total. The number of aryl methyl sites for hydroxylation is 1. The van der Waals surface area contributed by atoms with Crippen molar-refractivity contribution in [1.29, 1.82) is 0 Å². The zero-order valence-corrected chi connectivity index (χ0v) is 19.6. The minimum Gasteiger partial charge on any atom is -0.346 e. The van der Waals surface area contributed by atoms with Gasteiger partial charge in [0.1, 0.15) is 12.2 Å². The highest BCUT2D eigenvalue weighted by Gasteiger charge is 2.37. The maximum Gasteiger partial charge on any atom is 0.327 e. The number of carbonyl (C=O) groups excluding carboxylic acids is 2. The van der Waals surface area contributed by atoms with Gasteiger partial charge in [-0.2, -0.15) is 15.0 Å². The number of rotatable bonds is 6. The number of hydrogen-bond donors (Lipinski definition) is 1. The van der Waals surface area contributed by atoms with Gasteiger partial charge in [0, 0.05) is 30.4 Å². The monoisotopic (exact) mass is 468 g/mol. The Morgan fingerprint density at radius 2 is 1.97 bits per heavy atom. The van der Waals surface area contributed by atoms with Gasteiger partial charge in [0.25, 0.3) is 5.91 Å². The first kappa shape index (κ1) is 22.7. The Bertz CT molecular complexity index is 1180. The van der Waals surface area contributed by atoms with Crippen LogP contribution in [0.5, 0.6) is 0 Å². The van der Waals surface area contributed by atoms with Crippen molar-refractivity contribution in [2.24, 2.45) is 0 Å².